The normalized spacial score (nSPS) is 20.6. The maximum Gasteiger partial charge on any atom is 0.166 e. The van der Waals surface area contributed by atoms with Gasteiger partial charge in [0.15, 0.2) is 5.78 Å². The van der Waals surface area contributed by atoms with Gasteiger partial charge < -0.3 is 4.90 Å². The first-order chi connectivity index (χ1) is 15.1. The molecule has 2 atom stereocenters. The first-order valence-electron chi connectivity index (χ1n) is 11.6. The summed E-state index contributed by atoms with van der Waals surface area (Å²) in [4.78, 5) is 20.2. The SMILES string of the molecule is CC(CN1CCN(CC(c2ccc(F)cc2)N2CCCC2)CC1)C(=O)c1ccccc1. The number of halogens is 1. The van der Waals surface area contributed by atoms with Gasteiger partial charge in [-0.1, -0.05) is 49.4 Å². The van der Waals surface area contributed by atoms with E-state index in [0.29, 0.717) is 6.04 Å². The van der Waals surface area contributed by atoms with Crippen LogP contribution in [0.3, 0.4) is 0 Å². The number of benzene rings is 2. The summed E-state index contributed by atoms with van der Waals surface area (Å²) in [5.74, 6) is 0.0654. The Morgan fingerprint density at radius 2 is 1.42 bits per heavy atom. The molecule has 0 aliphatic carbocycles. The van der Waals surface area contributed by atoms with Gasteiger partial charge in [0.2, 0.25) is 0 Å². The van der Waals surface area contributed by atoms with E-state index in [9.17, 15) is 9.18 Å². The van der Waals surface area contributed by atoms with Crippen LogP contribution in [-0.2, 0) is 0 Å². The predicted molar refractivity (Wildman–Crippen MR) is 123 cm³/mol. The number of rotatable bonds is 8. The Hall–Kier alpha value is -2.08. The predicted octanol–water partition coefficient (Wildman–Crippen LogP) is 4.10. The molecule has 2 aliphatic heterocycles. The topological polar surface area (TPSA) is 26.8 Å². The molecule has 31 heavy (non-hydrogen) atoms. The molecule has 0 saturated carbocycles. The third-order valence-corrected chi connectivity index (χ3v) is 6.77. The van der Waals surface area contributed by atoms with Crippen molar-refractivity contribution in [3.8, 4) is 0 Å². The molecule has 2 heterocycles. The van der Waals surface area contributed by atoms with Crippen molar-refractivity contribution in [3.05, 3.63) is 71.5 Å². The molecule has 2 unspecified atom stereocenters. The first-order valence-corrected chi connectivity index (χ1v) is 11.6. The van der Waals surface area contributed by atoms with Gasteiger partial charge in [0, 0.05) is 56.8 Å². The number of piperazine rings is 1. The molecule has 4 nitrogen and oxygen atoms in total. The number of hydrogen-bond acceptors (Lipinski definition) is 4. The van der Waals surface area contributed by atoms with E-state index < -0.39 is 0 Å². The quantitative estimate of drug-likeness (QED) is 0.598. The van der Waals surface area contributed by atoms with E-state index in [4.69, 9.17) is 0 Å². The second-order valence-corrected chi connectivity index (χ2v) is 9.04. The van der Waals surface area contributed by atoms with Crippen LogP contribution in [0.5, 0.6) is 0 Å². The van der Waals surface area contributed by atoms with Crippen molar-refractivity contribution in [3.63, 3.8) is 0 Å². The Labute approximate surface area is 185 Å². The lowest BCUT2D eigenvalue weighted by Gasteiger charge is -2.39. The lowest BCUT2D eigenvalue weighted by Crippen LogP contribution is -2.50. The van der Waals surface area contributed by atoms with Crippen molar-refractivity contribution in [1.82, 2.24) is 14.7 Å². The Kier molecular flexibility index (Phi) is 7.49. The second kappa shape index (κ2) is 10.5. The molecule has 4 rings (SSSR count). The maximum atomic E-state index is 13.4. The van der Waals surface area contributed by atoms with Gasteiger partial charge in [0.05, 0.1) is 0 Å². The Morgan fingerprint density at radius 1 is 0.839 bits per heavy atom. The molecule has 166 valence electrons. The van der Waals surface area contributed by atoms with Crippen LogP contribution < -0.4 is 0 Å². The van der Waals surface area contributed by atoms with Gasteiger partial charge in [-0.05, 0) is 43.6 Å². The van der Waals surface area contributed by atoms with Crippen molar-refractivity contribution in [2.45, 2.75) is 25.8 Å². The van der Waals surface area contributed by atoms with Gasteiger partial charge in [-0.15, -0.1) is 0 Å². The smallest absolute Gasteiger partial charge is 0.166 e. The third-order valence-electron chi connectivity index (χ3n) is 6.77. The van der Waals surface area contributed by atoms with Gasteiger partial charge in [-0.25, -0.2) is 4.39 Å². The third kappa shape index (κ3) is 5.79. The number of carbonyl (C=O) groups is 1. The van der Waals surface area contributed by atoms with E-state index in [1.807, 2.05) is 49.4 Å². The molecule has 0 bridgehead atoms. The highest BCUT2D eigenvalue weighted by molar-refractivity contribution is 5.97. The van der Waals surface area contributed by atoms with Crippen LogP contribution in [0.4, 0.5) is 4.39 Å². The molecule has 2 fully saturated rings. The summed E-state index contributed by atoms with van der Waals surface area (Å²) in [6, 6.07) is 17.0. The molecule has 2 aromatic carbocycles. The zero-order valence-electron chi connectivity index (χ0n) is 18.5. The van der Waals surface area contributed by atoms with E-state index >= 15 is 0 Å². The Morgan fingerprint density at radius 3 is 2.03 bits per heavy atom. The molecule has 2 saturated heterocycles. The van der Waals surface area contributed by atoms with Gasteiger partial charge >= 0.3 is 0 Å². The molecule has 0 spiro atoms. The fourth-order valence-electron chi connectivity index (χ4n) is 4.93. The van der Waals surface area contributed by atoms with E-state index in [1.54, 1.807) is 12.1 Å². The average molecular weight is 424 g/mol. The Bertz CT molecular complexity index is 827. The minimum atomic E-state index is -0.170. The molecular weight excluding hydrogens is 389 g/mol. The summed E-state index contributed by atoms with van der Waals surface area (Å²) in [6.07, 6.45) is 2.50. The first kappa shape index (κ1) is 22.1. The highest BCUT2D eigenvalue weighted by Crippen LogP contribution is 2.27. The monoisotopic (exact) mass is 423 g/mol. The summed E-state index contributed by atoms with van der Waals surface area (Å²) in [5, 5.41) is 0. The molecule has 2 aliphatic rings. The van der Waals surface area contributed by atoms with Crippen LogP contribution in [-0.4, -0.2) is 72.8 Å². The standard InChI is InChI=1S/C26H34FN3O/c1-21(26(31)23-7-3-2-4-8-23)19-28-15-17-29(18-16-28)20-25(30-13-5-6-14-30)22-9-11-24(27)12-10-22/h2-4,7-12,21,25H,5-6,13-20H2,1H3. The van der Waals surface area contributed by atoms with Gasteiger partial charge in [0.1, 0.15) is 5.82 Å². The van der Waals surface area contributed by atoms with Gasteiger partial charge in [-0.3, -0.25) is 14.6 Å². The fourth-order valence-corrected chi connectivity index (χ4v) is 4.93. The lowest BCUT2D eigenvalue weighted by molar-refractivity contribution is 0.0769. The van der Waals surface area contributed by atoms with Crippen molar-refractivity contribution in [1.29, 1.82) is 0 Å². The zero-order valence-corrected chi connectivity index (χ0v) is 18.5. The molecule has 0 N–H and O–H groups in total. The van der Waals surface area contributed by atoms with Crippen molar-refractivity contribution < 1.29 is 9.18 Å². The van der Waals surface area contributed by atoms with Gasteiger partial charge in [0.25, 0.3) is 0 Å². The lowest BCUT2D eigenvalue weighted by atomic mass is 9.98. The molecule has 2 aromatic rings. The van der Waals surface area contributed by atoms with Crippen LogP contribution in [0.15, 0.2) is 54.6 Å². The second-order valence-electron chi connectivity index (χ2n) is 9.04. The molecule has 0 radical (unpaired) electrons. The molecule has 5 heteroatoms. The number of Topliss-reactive ketones (excluding diaryl/α,β-unsaturated/α-hetero) is 1. The van der Waals surface area contributed by atoms with E-state index in [-0.39, 0.29) is 17.5 Å². The molecular formula is C26H34FN3O. The van der Waals surface area contributed by atoms with Crippen LogP contribution in [0.1, 0.15) is 41.7 Å². The highest BCUT2D eigenvalue weighted by atomic mass is 19.1. The van der Waals surface area contributed by atoms with E-state index in [2.05, 4.69) is 14.7 Å². The van der Waals surface area contributed by atoms with Crippen LogP contribution in [0.25, 0.3) is 0 Å². The minimum absolute atomic E-state index is 0.00511. The van der Waals surface area contributed by atoms with Crippen LogP contribution in [0, 0.1) is 11.7 Å². The highest BCUT2D eigenvalue weighted by Gasteiger charge is 2.28. The minimum Gasteiger partial charge on any atom is -0.300 e. The molecule has 0 amide bonds. The van der Waals surface area contributed by atoms with E-state index in [1.165, 1.54) is 18.4 Å². The number of nitrogens with zero attached hydrogens (tertiary/aromatic N) is 3. The maximum absolute atomic E-state index is 13.4. The average Bonchev–Trinajstić information content (AvgIpc) is 3.34. The van der Waals surface area contributed by atoms with Crippen molar-refractivity contribution in [2.75, 3.05) is 52.4 Å². The fraction of sp³-hybridized carbons (Fsp3) is 0.500. The largest absolute Gasteiger partial charge is 0.300 e. The van der Waals surface area contributed by atoms with Crippen LogP contribution in [0.2, 0.25) is 0 Å². The number of ketones is 1. The number of carbonyl (C=O) groups excluding carboxylic acids is 1. The van der Waals surface area contributed by atoms with Crippen LogP contribution >= 0.6 is 0 Å². The summed E-state index contributed by atoms with van der Waals surface area (Å²) in [6.45, 7) is 10.1. The summed E-state index contributed by atoms with van der Waals surface area (Å²) < 4.78 is 13.4. The Balaban J connectivity index is 1.31. The zero-order chi connectivity index (χ0) is 21.6. The summed E-state index contributed by atoms with van der Waals surface area (Å²) in [5.41, 5.74) is 2.02. The van der Waals surface area contributed by atoms with Crippen molar-refractivity contribution in [2.24, 2.45) is 5.92 Å². The number of likely N-dealkylation sites (tertiary alicyclic amines) is 1. The number of hydrogen-bond donors (Lipinski definition) is 0. The molecule has 0 aromatic heterocycles. The van der Waals surface area contributed by atoms with Gasteiger partial charge in [-0.2, -0.15) is 0 Å². The summed E-state index contributed by atoms with van der Waals surface area (Å²) in [7, 11) is 0. The summed E-state index contributed by atoms with van der Waals surface area (Å²) >= 11 is 0. The van der Waals surface area contributed by atoms with Crippen molar-refractivity contribution >= 4 is 5.78 Å². The van der Waals surface area contributed by atoms with E-state index in [0.717, 1.165) is 57.9 Å².